The van der Waals surface area contributed by atoms with Gasteiger partial charge in [-0.15, -0.1) is 0 Å². The van der Waals surface area contributed by atoms with Crippen LogP contribution < -0.4 is 42.0 Å². The van der Waals surface area contributed by atoms with E-state index < -0.39 is 5.67 Å². The molecular weight excluding hydrogens is 582 g/mol. The van der Waals surface area contributed by atoms with Gasteiger partial charge in [-0.2, -0.15) is 0 Å². The number of ether oxygens (including phenoxy) is 1. The predicted octanol–water partition coefficient (Wildman–Crippen LogP) is 0.00360. The Morgan fingerprint density at radius 2 is 2.00 bits per heavy atom. The van der Waals surface area contributed by atoms with Crippen LogP contribution in [0.4, 0.5) is 10.2 Å². The van der Waals surface area contributed by atoms with Crippen molar-refractivity contribution in [2.75, 3.05) is 31.1 Å². The van der Waals surface area contributed by atoms with E-state index in [1.807, 2.05) is 30.3 Å². The zero-order chi connectivity index (χ0) is 25.4. The Labute approximate surface area is 225 Å². The molecule has 1 N–H and O–H groups in total. The van der Waals surface area contributed by atoms with Crippen LogP contribution in [0, 0.1) is 0 Å². The number of hydrogen-bond acceptors (Lipinski definition) is 5. The van der Waals surface area contributed by atoms with Crippen LogP contribution in [0.15, 0.2) is 58.2 Å². The number of halogens is 2. The van der Waals surface area contributed by atoms with Crippen molar-refractivity contribution in [1.29, 1.82) is 0 Å². The van der Waals surface area contributed by atoms with E-state index in [-0.39, 0.29) is 33.7 Å². The van der Waals surface area contributed by atoms with Gasteiger partial charge in [0, 0.05) is 0 Å². The van der Waals surface area contributed by atoms with Gasteiger partial charge in [0.05, 0.1) is 0 Å². The molecule has 0 spiro atoms. The van der Waals surface area contributed by atoms with Crippen molar-refractivity contribution in [2.45, 2.75) is 25.6 Å². The van der Waals surface area contributed by atoms with E-state index in [0.29, 0.717) is 24.3 Å². The molecule has 37 heavy (non-hydrogen) atoms. The molecule has 0 radical (unpaired) electrons. The molecule has 0 bridgehead atoms. The first-order valence-electron chi connectivity index (χ1n) is 12.4. The zero-order valence-corrected chi connectivity index (χ0v) is 22.7. The number of hydrogen-bond donors (Lipinski definition) is 1. The maximum atomic E-state index is 14.9. The summed E-state index contributed by atoms with van der Waals surface area (Å²) in [5.41, 5.74) is 2.88. The van der Waals surface area contributed by atoms with Crippen molar-refractivity contribution in [3.05, 3.63) is 85.4 Å². The number of rotatable bonds is 5. The number of nitrogens with zero attached hydrogens (tertiary/aromatic N) is 3. The third kappa shape index (κ3) is 5.04. The van der Waals surface area contributed by atoms with Crippen LogP contribution in [0.2, 0.25) is 0 Å². The second-order valence-electron chi connectivity index (χ2n) is 9.70. The van der Waals surface area contributed by atoms with Crippen LogP contribution in [-0.2, 0) is 17.0 Å². The third-order valence-electron chi connectivity index (χ3n) is 6.86. The summed E-state index contributed by atoms with van der Waals surface area (Å²) in [7, 11) is 0. The van der Waals surface area contributed by atoms with Crippen molar-refractivity contribution in [2.24, 2.45) is 0 Å². The first-order valence-corrected chi connectivity index (χ1v) is 14.9. The van der Waals surface area contributed by atoms with E-state index in [0.717, 1.165) is 52.0 Å². The van der Waals surface area contributed by atoms with Gasteiger partial charge in [-0.05, 0) is 0 Å². The van der Waals surface area contributed by atoms with Crippen LogP contribution in [0.5, 0.6) is 0 Å². The minimum absolute atomic E-state index is 0.000446. The van der Waals surface area contributed by atoms with Crippen LogP contribution in [0.25, 0.3) is 21.5 Å². The number of alkyl halides is 1. The summed E-state index contributed by atoms with van der Waals surface area (Å²) < 4.78 is 24.7. The van der Waals surface area contributed by atoms with Crippen LogP contribution in [-0.4, -0.2) is 42.1 Å². The monoisotopic (exact) mass is 609 g/mol. The van der Waals surface area contributed by atoms with Gasteiger partial charge in [0.2, 0.25) is 0 Å². The standard InChI is InChI=1S/C29H27FIN4O2/c1-29(30)18-37-17-22-7-6-20(13-23(22)29)28(36)32-16-19-12-26-21(15-31-14-19)8-9-25(33-26)24-4-2-5-27(34-24)35-10-3-11-35/h2,4-9,12-15H,3,10-11,16-18H2,1H3,(H,32,36)/q-1/t29-/m1/s1. The number of pyridine rings is 2. The number of carbonyl (C=O) groups is 1. The molecule has 1 fully saturated rings. The fraction of sp³-hybridized carbons (Fsp3) is 0.276. The summed E-state index contributed by atoms with van der Waals surface area (Å²) in [6, 6.07) is 15.4. The molecule has 1 atom stereocenters. The zero-order valence-electron chi connectivity index (χ0n) is 20.5. The van der Waals surface area contributed by atoms with Gasteiger partial charge in [0.1, 0.15) is 0 Å². The molecule has 0 aliphatic carbocycles. The SMILES string of the molecule is C[C@@]1(F)COCc2ccc(C(=O)NCC3=C[I-]C=c4ccc(-c5cccc(N6CCC6)n5)nc4=C3)cc21. The molecule has 190 valence electrons. The first kappa shape index (κ1) is 24.2. The molecule has 2 aromatic heterocycles. The molecule has 3 aromatic rings. The third-order valence-corrected chi connectivity index (χ3v) is 9.05. The van der Waals surface area contributed by atoms with E-state index in [1.54, 1.807) is 18.2 Å². The summed E-state index contributed by atoms with van der Waals surface area (Å²) in [5.74, 6) is 0.771. The molecule has 0 unspecified atom stereocenters. The minimum atomic E-state index is -1.60. The second-order valence-corrected chi connectivity index (χ2v) is 11.7. The second kappa shape index (κ2) is 9.98. The molecule has 3 aliphatic rings. The van der Waals surface area contributed by atoms with E-state index in [2.05, 4.69) is 24.4 Å². The normalized spacial score (nSPS) is 20.5. The molecule has 5 heterocycles. The van der Waals surface area contributed by atoms with Crippen LogP contribution in [0.1, 0.15) is 34.8 Å². The van der Waals surface area contributed by atoms with E-state index in [4.69, 9.17) is 14.7 Å². The number of amides is 1. The molecule has 1 amide bonds. The number of fused-ring (bicyclic) bond motifs is 2. The van der Waals surface area contributed by atoms with Crippen molar-refractivity contribution in [1.82, 2.24) is 15.3 Å². The van der Waals surface area contributed by atoms with Gasteiger partial charge < -0.3 is 0 Å². The Kier molecular flexibility index (Phi) is 6.54. The van der Waals surface area contributed by atoms with Crippen molar-refractivity contribution in [3.8, 4) is 11.4 Å². The number of anilines is 1. The Morgan fingerprint density at radius 1 is 1.14 bits per heavy atom. The number of nitrogens with one attached hydrogen (secondary N) is 1. The molecule has 1 aromatic carbocycles. The van der Waals surface area contributed by atoms with E-state index in [9.17, 15) is 9.18 Å². The topological polar surface area (TPSA) is 67.3 Å². The Bertz CT molecular complexity index is 1530. The van der Waals surface area contributed by atoms with Crippen molar-refractivity contribution >= 4 is 21.9 Å². The van der Waals surface area contributed by atoms with Gasteiger partial charge in [0.25, 0.3) is 0 Å². The first-order chi connectivity index (χ1) is 18.0. The van der Waals surface area contributed by atoms with Gasteiger partial charge in [0.15, 0.2) is 0 Å². The van der Waals surface area contributed by atoms with Gasteiger partial charge >= 0.3 is 226 Å². The van der Waals surface area contributed by atoms with Crippen LogP contribution >= 0.6 is 0 Å². The summed E-state index contributed by atoms with van der Waals surface area (Å²) in [6.45, 7) is 4.34. The molecule has 6 rings (SSSR count). The number of aromatic nitrogens is 2. The molecule has 3 aliphatic heterocycles. The number of carbonyl (C=O) groups excluding carboxylic acids is 1. The molecule has 1 saturated heterocycles. The molecule has 8 heteroatoms. The number of benzene rings is 1. The average Bonchev–Trinajstić information content (AvgIpc) is 3.07. The van der Waals surface area contributed by atoms with Crippen LogP contribution in [0.3, 0.4) is 0 Å². The quantitative estimate of drug-likeness (QED) is 0.413. The average molecular weight is 609 g/mol. The Balaban J connectivity index is 1.21. The maximum absolute atomic E-state index is 14.9. The molecule has 0 saturated carbocycles. The van der Waals surface area contributed by atoms with E-state index >= 15 is 0 Å². The fourth-order valence-corrected chi connectivity index (χ4v) is 6.60. The summed E-state index contributed by atoms with van der Waals surface area (Å²) in [5, 5.41) is 4.99. The van der Waals surface area contributed by atoms with Gasteiger partial charge in [-0.25, -0.2) is 0 Å². The Hall–Kier alpha value is -3.11. The van der Waals surface area contributed by atoms with Gasteiger partial charge in [-0.1, -0.05) is 0 Å². The molecule has 6 nitrogen and oxygen atoms in total. The van der Waals surface area contributed by atoms with Crippen molar-refractivity contribution < 1.29 is 35.1 Å². The molecular formula is C29H27FIN4O2-. The predicted molar refractivity (Wildman–Crippen MR) is 137 cm³/mol. The fourth-order valence-electron chi connectivity index (χ4n) is 4.64. The van der Waals surface area contributed by atoms with E-state index in [1.165, 1.54) is 13.3 Å². The Morgan fingerprint density at radius 3 is 2.84 bits per heavy atom. The summed E-state index contributed by atoms with van der Waals surface area (Å²) in [4.78, 5) is 25.0. The summed E-state index contributed by atoms with van der Waals surface area (Å²) >= 11 is -0.319. The van der Waals surface area contributed by atoms with Crippen molar-refractivity contribution in [3.63, 3.8) is 0 Å². The van der Waals surface area contributed by atoms with Gasteiger partial charge in [-0.3, -0.25) is 0 Å². The summed E-state index contributed by atoms with van der Waals surface area (Å²) in [6.07, 6.45) is 3.25.